The Labute approximate surface area is 67.3 Å². The molecule has 0 unspecified atom stereocenters. The summed E-state index contributed by atoms with van der Waals surface area (Å²) >= 11 is 1.35. The molecular weight excluding hydrogens is 160 g/mol. The Morgan fingerprint density at radius 2 is 2.55 bits per heavy atom. The molecule has 0 aromatic carbocycles. The average Bonchev–Trinajstić information content (AvgIpc) is 2.48. The molecule has 0 bridgehead atoms. The van der Waals surface area contributed by atoms with E-state index in [1.807, 2.05) is 6.07 Å². The standard InChI is InChI=1S/C6H4N4S/c7-3-5-1-2-6(11-5)4-9-10-8/h1-2H,4H2. The fraction of sp³-hybridized carbons (Fsp3) is 0.167. The van der Waals surface area contributed by atoms with Crippen molar-refractivity contribution < 1.29 is 0 Å². The summed E-state index contributed by atoms with van der Waals surface area (Å²) < 4.78 is 0. The maximum absolute atomic E-state index is 8.43. The minimum absolute atomic E-state index is 0.336. The van der Waals surface area contributed by atoms with Crippen LogP contribution in [-0.2, 0) is 6.54 Å². The van der Waals surface area contributed by atoms with Gasteiger partial charge in [0.15, 0.2) is 0 Å². The number of nitriles is 1. The van der Waals surface area contributed by atoms with E-state index in [1.54, 1.807) is 12.1 Å². The van der Waals surface area contributed by atoms with Crippen LogP contribution in [0.15, 0.2) is 17.2 Å². The highest BCUT2D eigenvalue weighted by atomic mass is 32.1. The van der Waals surface area contributed by atoms with Gasteiger partial charge in [-0.25, -0.2) is 0 Å². The molecule has 0 saturated carbocycles. The molecule has 0 aliphatic rings. The van der Waals surface area contributed by atoms with E-state index in [0.717, 1.165) is 4.88 Å². The highest BCUT2D eigenvalue weighted by molar-refractivity contribution is 7.12. The summed E-state index contributed by atoms with van der Waals surface area (Å²) in [5.41, 5.74) is 7.99. The molecule has 0 amide bonds. The summed E-state index contributed by atoms with van der Waals surface area (Å²) in [7, 11) is 0. The Balaban J connectivity index is 2.74. The molecule has 0 atom stereocenters. The molecule has 0 radical (unpaired) electrons. The van der Waals surface area contributed by atoms with Gasteiger partial charge in [0.2, 0.25) is 0 Å². The van der Waals surface area contributed by atoms with Crippen molar-refractivity contribution in [3.63, 3.8) is 0 Å². The van der Waals surface area contributed by atoms with Crippen LogP contribution in [-0.4, -0.2) is 0 Å². The summed E-state index contributed by atoms with van der Waals surface area (Å²) in [6, 6.07) is 5.51. The fourth-order valence-electron chi connectivity index (χ4n) is 0.624. The second-order valence-corrected chi connectivity index (χ2v) is 2.94. The first-order valence-electron chi connectivity index (χ1n) is 2.86. The number of rotatable bonds is 2. The lowest BCUT2D eigenvalue weighted by molar-refractivity contribution is 1.08. The van der Waals surface area contributed by atoms with Crippen LogP contribution >= 0.6 is 11.3 Å². The third-order valence-electron chi connectivity index (χ3n) is 1.06. The van der Waals surface area contributed by atoms with Gasteiger partial charge in [0, 0.05) is 9.79 Å². The first-order valence-corrected chi connectivity index (χ1v) is 3.68. The highest BCUT2D eigenvalue weighted by Gasteiger charge is 1.95. The smallest absolute Gasteiger partial charge is 0.110 e. The molecule has 1 aromatic heterocycles. The molecule has 0 fully saturated rings. The molecule has 5 heteroatoms. The van der Waals surface area contributed by atoms with Crippen LogP contribution in [0.5, 0.6) is 0 Å². The average molecular weight is 164 g/mol. The van der Waals surface area contributed by atoms with Gasteiger partial charge in [-0.2, -0.15) is 5.26 Å². The summed E-state index contributed by atoms with van der Waals surface area (Å²) in [5, 5.41) is 11.8. The summed E-state index contributed by atoms with van der Waals surface area (Å²) in [5.74, 6) is 0. The third-order valence-corrected chi connectivity index (χ3v) is 2.04. The van der Waals surface area contributed by atoms with E-state index < -0.39 is 0 Å². The van der Waals surface area contributed by atoms with Crippen LogP contribution in [0, 0.1) is 11.3 Å². The van der Waals surface area contributed by atoms with E-state index in [-0.39, 0.29) is 0 Å². The van der Waals surface area contributed by atoms with Crippen molar-refractivity contribution in [2.24, 2.45) is 5.11 Å². The van der Waals surface area contributed by atoms with Crippen molar-refractivity contribution in [1.29, 1.82) is 5.26 Å². The first kappa shape index (κ1) is 7.61. The topological polar surface area (TPSA) is 72.5 Å². The molecule has 54 valence electrons. The monoisotopic (exact) mass is 164 g/mol. The molecule has 1 rings (SSSR count). The predicted octanol–water partition coefficient (Wildman–Crippen LogP) is 2.43. The van der Waals surface area contributed by atoms with Crippen molar-refractivity contribution in [2.75, 3.05) is 0 Å². The molecule has 11 heavy (non-hydrogen) atoms. The Hall–Kier alpha value is -1.50. The number of hydrogen-bond acceptors (Lipinski definition) is 3. The molecule has 0 aliphatic heterocycles. The summed E-state index contributed by atoms with van der Waals surface area (Å²) in [6.45, 7) is 0.336. The lowest BCUT2D eigenvalue weighted by Gasteiger charge is -1.81. The van der Waals surface area contributed by atoms with Gasteiger partial charge in [-0.1, -0.05) is 5.11 Å². The van der Waals surface area contributed by atoms with E-state index >= 15 is 0 Å². The molecule has 4 nitrogen and oxygen atoms in total. The Kier molecular flexibility index (Phi) is 2.50. The molecule has 0 N–H and O–H groups in total. The van der Waals surface area contributed by atoms with Gasteiger partial charge < -0.3 is 0 Å². The molecule has 0 aliphatic carbocycles. The lowest BCUT2D eigenvalue weighted by atomic mass is 10.4. The Bertz CT molecular complexity index is 329. The molecule has 1 heterocycles. The quantitative estimate of drug-likeness (QED) is 0.376. The molecule has 0 saturated heterocycles. The van der Waals surface area contributed by atoms with Crippen molar-refractivity contribution in [3.8, 4) is 6.07 Å². The van der Waals surface area contributed by atoms with Crippen molar-refractivity contribution in [2.45, 2.75) is 6.54 Å². The highest BCUT2D eigenvalue weighted by Crippen LogP contribution is 2.15. The van der Waals surface area contributed by atoms with Crippen LogP contribution in [0.2, 0.25) is 0 Å². The van der Waals surface area contributed by atoms with Crippen LogP contribution in [0.3, 0.4) is 0 Å². The number of azide groups is 1. The number of thiophene rings is 1. The van der Waals surface area contributed by atoms with Gasteiger partial charge >= 0.3 is 0 Å². The van der Waals surface area contributed by atoms with E-state index in [1.165, 1.54) is 11.3 Å². The van der Waals surface area contributed by atoms with Gasteiger partial charge in [0.05, 0.1) is 6.54 Å². The van der Waals surface area contributed by atoms with Gasteiger partial charge in [-0.3, -0.25) is 0 Å². The van der Waals surface area contributed by atoms with Crippen LogP contribution in [0.25, 0.3) is 10.4 Å². The predicted molar refractivity (Wildman–Crippen MR) is 41.9 cm³/mol. The number of hydrogen-bond donors (Lipinski definition) is 0. The van der Waals surface area contributed by atoms with E-state index in [2.05, 4.69) is 10.0 Å². The second-order valence-electron chi connectivity index (χ2n) is 1.77. The second kappa shape index (κ2) is 3.62. The van der Waals surface area contributed by atoms with Crippen molar-refractivity contribution >= 4 is 11.3 Å². The number of nitrogens with zero attached hydrogens (tertiary/aromatic N) is 4. The zero-order valence-corrected chi connectivity index (χ0v) is 6.38. The van der Waals surface area contributed by atoms with E-state index in [0.29, 0.717) is 11.4 Å². The molecular formula is C6H4N4S. The third kappa shape index (κ3) is 1.97. The minimum atomic E-state index is 0.336. The maximum Gasteiger partial charge on any atom is 0.110 e. The normalized spacial score (nSPS) is 8.27. The van der Waals surface area contributed by atoms with E-state index in [9.17, 15) is 0 Å². The van der Waals surface area contributed by atoms with Crippen molar-refractivity contribution in [1.82, 2.24) is 0 Å². The summed E-state index contributed by atoms with van der Waals surface area (Å²) in [6.07, 6.45) is 0. The fourth-order valence-corrected chi connectivity index (χ4v) is 1.35. The van der Waals surface area contributed by atoms with Crippen LogP contribution in [0.4, 0.5) is 0 Å². The molecule has 1 aromatic rings. The lowest BCUT2D eigenvalue weighted by Crippen LogP contribution is -1.66. The van der Waals surface area contributed by atoms with Crippen LogP contribution in [0.1, 0.15) is 9.75 Å². The maximum atomic E-state index is 8.43. The zero-order valence-electron chi connectivity index (χ0n) is 5.56. The van der Waals surface area contributed by atoms with Gasteiger partial charge in [0.25, 0.3) is 0 Å². The Morgan fingerprint density at radius 1 is 1.73 bits per heavy atom. The van der Waals surface area contributed by atoms with Crippen LogP contribution < -0.4 is 0 Å². The van der Waals surface area contributed by atoms with Gasteiger partial charge in [0.1, 0.15) is 10.9 Å². The largest absolute Gasteiger partial charge is 0.192 e. The summed E-state index contributed by atoms with van der Waals surface area (Å²) in [4.78, 5) is 4.18. The first-order chi connectivity index (χ1) is 5.36. The van der Waals surface area contributed by atoms with Gasteiger partial charge in [-0.15, -0.1) is 11.3 Å². The SMILES string of the molecule is N#Cc1ccc(CN=[N+]=[N-])s1. The van der Waals surface area contributed by atoms with Gasteiger partial charge in [-0.05, 0) is 17.7 Å². The zero-order chi connectivity index (χ0) is 8.10. The van der Waals surface area contributed by atoms with Crippen molar-refractivity contribution in [3.05, 3.63) is 32.3 Å². The Morgan fingerprint density at radius 3 is 3.09 bits per heavy atom. The minimum Gasteiger partial charge on any atom is -0.192 e. The van der Waals surface area contributed by atoms with E-state index in [4.69, 9.17) is 10.8 Å². The molecule has 0 spiro atoms.